The minimum absolute atomic E-state index is 0.196. The fourth-order valence-electron chi connectivity index (χ4n) is 3.75. The van der Waals surface area contributed by atoms with Crippen molar-refractivity contribution in [1.29, 1.82) is 0 Å². The van der Waals surface area contributed by atoms with Crippen LogP contribution in [0.1, 0.15) is 25.0 Å². The average Bonchev–Trinajstić information content (AvgIpc) is 2.85. The lowest BCUT2D eigenvalue weighted by molar-refractivity contribution is -0.121. The van der Waals surface area contributed by atoms with E-state index < -0.39 is 23.7 Å². The number of pyridine rings is 1. The minimum Gasteiger partial charge on any atom is -0.493 e. The summed E-state index contributed by atoms with van der Waals surface area (Å²) < 4.78 is 18.4. The summed E-state index contributed by atoms with van der Waals surface area (Å²) in [6.07, 6.45) is 2.75. The van der Waals surface area contributed by atoms with Crippen molar-refractivity contribution in [3.05, 3.63) is 56.4 Å². The Morgan fingerprint density at radius 3 is 2.50 bits per heavy atom. The van der Waals surface area contributed by atoms with Gasteiger partial charge in [0.15, 0.2) is 17.1 Å². The van der Waals surface area contributed by atoms with Gasteiger partial charge in [-0.25, -0.2) is 14.3 Å². The summed E-state index contributed by atoms with van der Waals surface area (Å²) in [6.45, 7) is 4.01. The third kappa shape index (κ3) is 4.90. The maximum Gasteiger partial charge on any atom is 0.332 e. The van der Waals surface area contributed by atoms with E-state index in [0.717, 1.165) is 15.7 Å². The molecule has 0 aliphatic rings. The van der Waals surface area contributed by atoms with Crippen molar-refractivity contribution in [2.45, 2.75) is 33.2 Å². The number of aryl methyl sites for hydroxylation is 2. The standard InChI is InChI=1S/C24H30N4O6/c1-6-16-13-26-22-20(21(16)34-7-2)23(30)28(24(31)27(22)3)14-19(29)25-11-10-15-8-9-17(32-4)18(12-15)33-5/h8-9,12-13H,6-7,10-11,14H2,1-5H3,(H,25,29). The summed E-state index contributed by atoms with van der Waals surface area (Å²) in [7, 11) is 4.64. The van der Waals surface area contributed by atoms with Crippen LogP contribution in [-0.4, -0.2) is 47.4 Å². The number of aromatic nitrogens is 3. The Bertz CT molecular complexity index is 1310. The summed E-state index contributed by atoms with van der Waals surface area (Å²) in [5, 5.41) is 2.96. The van der Waals surface area contributed by atoms with Crippen LogP contribution >= 0.6 is 0 Å². The van der Waals surface area contributed by atoms with E-state index in [9.17, 15) is 14.4 Å². The second kappa shape index (κ2) is 10.9. The summed E-state index contributed by atoms with van der Waals surface area (Å²) in [5.74, 6) is 1.17. The quantitative estimate of drug-likeness (QED) is 0.477. The number of benzene rings is 1. The Morgan fingerprint density at radius 1 is 1.12 bits per heavy atom. The van der Waals surface area contributed by atoms with E-state index in [0.29, 0.717) is 43.2 Å². The molecule has 0 bridgehead atoms. The molecule has 0 fully saturated rings. The van der Waals surface area contributed by atoms with Crippen molar-refractivity contribution in [2.75, 3.05) is 27.4 Å². The van der Waals surface area contributed by atoms with E-state index in [4.69, 9.17) is 14.2 Å². The number of fused-ring (bicyclic) bond motifs is 1. The van der Waals surface area contributed by atoms with Gasteiger partial charge in [0.2, 0.25) is 5.91 Å². The minimum atomic E-state index is -0.619. The average molecular weight is 471 g/mol. The van der Waals surface area contributed by atoms with E-state index in [1.165, 1.54) is 11.6 Å². The number of carbonyl (C=O) groups excluding carboxylic acids is 1. The van der Waals surface area contributed by atoms with Gasteiger partial charge in [-0.15, -0.1) is 0 Å². The first-order valence-corrected chi connectivity index (χ1v) is 11.1. The van der Waals surface area contributed by atoms with Crippen LogP contribution < -0.4 is 30.8 Å². The van der Waals surface area contributed by atoms with Crippen LogP contribution in [0.15, 0.2) is 34.0 Å². The molecule has 1 amide bonds. The second-order valence-corrected chi connectivity index (χ2v) is 7.62. The summed E-state index contributed by atoms with van der Waals surface area (Å²) in [4.78, 5) is 43.0. The van der Waals surface area contributed by atoms with Gasteiger partial charge >= 0.3 is 5.69 Å². The molecule has 1 aromatic carbocycles. The molecular weight excluding hydrogens is 440 g/mol. The van der Waals surface area contributed by atoms with E-state index in [-0.39, 0.29) is 11.0 Å². The topological polar surface area (TPSA) is 114 Å². The predicted octanol–water partition coefficient (Wildman–Crippen LogP) is 1.43. The van der Waals surface area contributed by atoms with Crippen molar-refractivity contribution in [3.63, 3.8) is 0 Å². The predicted molar refractivity (Wildman–Crippen MR) is 128 cm³/mol. The molecule has 0 aliphatic carbocycles. The van der Waals surface area contributed by atoms with Crippen LogP contribution in [0.4, 0.5) is 0 Å². The monoisotopic (exact) mass is 470 g/mol. The van der Waals surface area contributed by atoms with Gasteiger partial charge in [-0.2, -0.15) is 0 Å². The summed E-state index contributed by atoms with van der Waals surface area (Å²) in [6, 6.07) is 5.51. The second-order valence-electron chi connectivity index (χ2n) is 7.62. The molecule has 2 aromatic heterocycles. The number of carbonyl (C=O) groups is 1. The van der Waals surface area contributed by atoms with Crippen molar-refractivity contribution in [1.82, 2.24) is 19.4 Å². The molecule has 182 valence electrons. The number of methoxy groups -OCH3 is 2. The Labute approximate surface area is 197 Å². The van der Waals surface area contributed by atoms with Gasteiger partial charge in [0, 0.05) is 25.4 Å². The lowest BCUT2D eigenvalue weighted by atomic mass is 10.1. The molecule has 3 aromatic rings. The van der Waals surface area contributed by atoms with Gasteiger partial charge in [-0.05, 0) is 37.5 Å². The Hall–Kier alpha value is -3.82. The van der Waals surface area contributed by atoms with Gasteiger partial charge in [-0.1, -0.05) is 13.0 Å². The smallest absolute Gasteiger partial charge is 0.332 e. The molecule has 10 heteroatoms. The highest BCUT2D eigenvalue weighted by Crippen LogP contribution is 2.27. The van der Waals surface area contributed by atoms with Gasteiger partial charge in [0.05, 0.1) is 20.8 Å². The largest absolute Gasteiger partial charge is 0.493 e. The van der Waals surface area contributed by atoms with E-state index >= 15 is 0 Å². The molecule has 10 nitrogen and oxygen atoms in total. The highest BCUT2D eigenvalue weighted by atomic mass is 16.5. The van der Waals surface area contributed by atoms with E-state index in [1.54, 1.807) is 26.5 Å². The van der Waals surface area contributed by atoms with Crippen LogP contribution in [0.2, 0.25) is 0 Å². The van der Waals surface area contributed by atoms with Crippen LogP contribution in [0.5, 0.6) is 17.2 Å². The molecule has 0 aliphatic heterocycles. The van der Waals surface area contributed by atoms with Crippen LogP contribution in [0.25, 0.3) is 11.0 Å². The van der Waals surface area contributed by atoms with Gasteiger partial charge in [0.1, 0.15) is 17.7 Å². The first kappa shape index (κ1) is 24.8. The molecule has 0 spiro atoms. The SMILES string of the molecule is CCOc1c(CC)cnc2c1c(=O)n(CC(=O)NCCc1ccc(OC)c(OC)c1)c(=O)n2C. The molecule has 3 rings (SSSR count). The number of ether oxygens (including phenoxy) is 3. The van der Waals surface area contributed by atoms with Crippen molar-refractivity contribution >= 4 is 16.9 Å². The molecule has 0 unspecified atom stereocenters. The third-order valence-electron chi connectivity index (χ3n) is 5.53. The number of nitrogens with one attached hydrogen (secondary N) is 1. The number of rotatable bonds is 10. The zero-order valence-corrected chi connectivity index (χ0v) is 20.1. The number of amides is 1. The first-order valence-electron chi connectivity index (χ1n) is 11.1. The van der Waals surface area contributed by atoms with Crippen LogP contribution in [0.3, 0.4) is 0 Å². The van der Waals surface area contributed by atoms with Crippen molar-refractivity contribution in [2.24, 2.45) is 7.05 Å². The number of hydrogen-bond acceptors (Lipinski definition) is 7. The molecule has 0 saturated heterocycles. The maximum atomic E-state index is 13.3. The number of hydrogen-bond donors (Lipinski definition) is 1. The molecule has 2 heterocycles. The fraction of sp³-hybridized carbons (Fsp3) is 0.417. The zero-order chi connectivity index (χ0) is 24.8. The third-order valence-corrected chi connectivity index (χ3v) is 5.53. The van der Waals surface area contributed by atoms with Gasteiger partial charge in [-0.3, -0.25) is 14.2 Å². The highest BCUT2D eigenvalue weighted by Gasteiger charge is 2.20. The summed E-state index contributed by atoms with van der Waals surface area (Å²) in [5.41, 5.74) is 0.708. The summed E-state index contributed by atoms with van der Waals surface area (Å²) >= 11 is 0. The van der Waals surface area contributed by atoms with Crippen molar-refractivity contribution in [3.8, 4) is 17.2 Å². The van der Waals surface area contributed by atoms with Gasteiger partial charge in [0.25, 0.3) is 5.56 Å². The van der Waals surface area contributed by atoms with E-state index in [2.05, 4.69) is 10.3 Å². The molecular formula is C24H30N4O6. The Morgan fingerprint density at radius 2 is 1.85 bits per heavy atom. The van der Waals surface area contributed by atoms with E-state index in [1.807, 2.05) is 26.0 Å². The lowest BCUT2D eigenvalue weighted by Gasteiger charge is -2.15. The highest BCUT2D eigenvalue weighted by molar-refractivity contribution is 5.83. The molecule has 34 heavy (non-hydrogen) atoms. The number of nitrogens with zero attached hydrogens (tertiary/aromatic N) is 3. The molecule has 0 atom stereocenters. The molecule has 0 radical (unpaired) electrons. The van der Waals surface area contributed by atoms with Gasteiger partial charge < -0.3 is 19.5 Å². The normalized spacial score (nSPS) is 10.9. The molecule has 0 saturated carbocycles. The lowest BCUT2D eigenvalue weighted by Crippen LogP contribution is -2.43. The first-order chi connectivity index (χ1) is 16.4. The molecule has 1 N–H and O–H groups in total. The Kier molecular flexibility index (Phi) is 7.93. The zero-order valence-electron chi connectivity index (χ0n) is 20.1. The van der Waals surface area contributed by atoms with Crippen LogP contribution in [-0.2, 0) is 31.2 Å². The van der Waals surface area contributed by atoms with Crippen LogP contribution in [0, 0.1) is 0 Å². The fourth-order valence-corrected chi connectivity index (χ4v) is 3.75. The maximum absolute atomic E-state index is 13.3. The Balaban J connectivity index is 1.83. The van der Waals surface area contributed by atoms with Crippen molar-refractivity contribution < 1.29 is 19.0 Å².